The molecule has 6 nitrogen and oxygen atoms in total. The predicted octanol–water partition coefficient (Wildman–Crippen LogP) is 2.54. The molecule has 2 amide bonds. The lowest BCUT2D eigenvalue weighted by Crippen LogP contribution is -2.13. The van der Waals surface area contributed by atoms with Gasteiger partial charge in [-0.1, -0.05) is 6.07 Å². The lowest BCUT2D eigenvalue weighted by molar-refractivity contribution is -0.137. The lowest BCUT2D eigenvalue weighted by Gasteiger charge is -2.11. The summed E-state index contributed by atoms with van der Waals surface area (Å²) in [5.41, 5.74) is 2.15. The van der Waals surface area contributed by atoms with Crippen molar-refractivity contribution in [3.63, 3.8) is 0 Å². The second-order valence-corrected chi connectivity index (χ2v) is 4.86. The molecule has 0 aromatic heterocycles. The van der Waals surface area contributed by atoms with E-state index in [0.717, 1.165) is 5.56 Å². The molecule has 6 heteroatoms. The Morgan fingerprint density at radius 3 is 2.38 bits per heavy atom. The summed E-state index contributed by atoms with van der Waals surface area (Å²) < 4.78 is 0. The first-order chi connectivity index (χ1) is 9.88. The summed E-state index contributed by atoms with van der Waals surface area (Å²) in [5.74, 6) is -1.19. The topological polar surface area (TPSA) is 95.5 Å². The second-order valence-electron chi connectivity index (χ2n) is 4.86. The number of aryl methyl sites for hydroxylation is 1. The van der Waals surface area contributed by atoms with Crippen LogP contribution in [0.5, 0.6) is 0 Å². The fourth-order valence-corrected chi connectivity index (χ4v) is 1.81. The van der Waals surface area contributed by atoms with Gasteiger partial charge in [0, 0.05) is 31.1 Å². The smallest absolute Gasteiger partial charge is 0.303 e. The van der Waals surface area contributed by atoms with E-state index >= 15 is 0 Å². The predicted molar refractivity (Wildman–Crippen MR) is 80.2 cm³/mol. The molecule has 1 aromatic rings. The molecule has 0 aliphatic carbocycles. The van der Waals surface area contributed by atoms with Gasteiger partial charge >= 0.3 is 5.97 Å². The molecule has 0 radical (unpaired) electrons. The SMILES string of the molecule is CC(=O)Nc1ccc(C)c(NC(=O)CCCCC(=O)O)c1. The van der Waals surface area contributed by atoms with Crippen LogP contribution in [0.3, 0.4) is 0 Å². The van der Waals surface area contributed by atoms with Crippen molar-refractivity contribution in [1.82, 2.24) is 0 Å². The molecule has 0 heterocycles. The monoisotopic (exact) mass is 292 g/mol. The number of carbonyl (C=O) groups excluding carboxylic acids is 2. The zero-order valence-electron chi connectivity index (χ0n) is 12.2. The van der Waals surface area contributed by atoms with Crippen LogP contribution in [0.25, 0.3) is 0 Å². The molecule has 0 unspecified atom stereocenters. The lowest BCUT2D eigenvalue weighted by atomic mass is 10.1. The van der Waals surface area contributed by atoms with Crippen LogP contribution in [0.1, 0.15) is 38.2 Å². The Hall–Kier alpha value is -2.37. The second kappa shape index (κ2) is 8.04. The van der Waals surface area contributed by atoms with Gasteiger partial charge in [0.1, 0.15) is 0 Å². The highest BCUT2D eigenvalue weighted by atomic mass is 16.4. The molecule has 1 aromatic carbocycles. The number of carboxylic acids is 1. The van der Waals surface area contributed by atoms with Gasteiger partial charge in [-0.2, -0.15) is 0 Å². The Labute approximate surface area is 123 Å². The number of hydrogen-bond donors (Lipinski definition) is 3. The molecule has 3 N–H and O–H groups in total. The van der Waals surface area contributed by atoms with Crippen LogP contribution in [0.4, 0.5) is 11.4 Å². The number of benzene rings is 1. The third kappa shape index (κ3) is 6.56. The van der Waals surface area contributed by atoms with Gasteiger partial charge in [-0.3, -0.25) is 14.4 Å². The fraction of sp³-hybridized carbons (Fsp3) is 0.400. The first kappa shape index (κ1) is 16.7. The van der Waals surface area contributed by atoms with Crippen LogP contribution < -0.4 is 10.6 Å². The van der Waals surface area contributed by atoms with Crippen molar-refractivity contribution in [3.05, 3.63) is 23.8 Å². The molecule has 0 saturated carbocycles. The maximum atomic E-state index is 11.8. The van der Waals surface area contributed by atoms with Gasteiger partial charge in [0.15, 0.2) is 0 Å². The van der Waals surface area contributed by atoms with Crippen molar-refractivity contribution in [3.8, 4) is 0 Å². The highest BCUT2D eigenvalue weighted by Crippen LogP contribution is 2.20. The quantitative estimate of drug-likeness (QED) is 0.673. The summed E-state index contributed by atoms with van der Waals surface area (Å²) in [6.45, 7) is 3.28. The standard InChI is InChI=1S/C15H20N2O4/c1-10-7-8-12(16-11(2)18)9-13(10)17-14(19)5-3-4-6-15(20)21/h7-9H,3-6H2,1-2H3,(H,16,18)(H,17,19)(H,20,21). The molecule has 0 spiro atoms. The minimum absolute atomic E-state index is 0.0737. The molecule has 0 aliphatic rings. The number of amides is 2. The maximum Gasteiger partial charge on any atom is 0.303 e. The Morgan fingerprint density at radius 2 is 1.76 bits per heavy atom. The Bertz CT molecular complexity index is 540. The Kier molecular flexibility index (Phi) is 6.39. The van der Waals surface area contributed by atoms with Crippen LogP contribution in [-0.4, -0.2) is 22.9 Å². The van der Waals surface area contributed by atoms with Gasteiger partial charge in [0.2, 0.25) is 11.8 Å². The summed E-state index contributed by atoms with van der Waals surface area (Å²) in [6.07, 6.45) is 1.36. The van der Waals surface area contributed by atoms with Crippen molar-refractivity contribution < 1.29 is 19.5 Å². The van der Waals surface area contributed by atoms with Crippen LogP contribution in [0.15, 0.2) is 18.2 Å². The summed E-state index contributed by atoms with van der Waals surface area (Å²) in [4.78, 5) is 33.2. The first-order valence-electron chi connectivity index (χ1n) is 6.78. The number of anilines is 2. The van der Waals surface area contributed by atoms with Crippen LogP contribution in [0.2, 0.25) is 0 Å². The number of unbranched alkanes of at least 4 members (excludes halogenated alkanes) is 1. The van der Waals surface area contributed by atoms with Crippen LogP contribution >= 0.6 is 0 Å². The largest absolute Gasteiger partial charge is 0.481 e. The van der Waals surface area contributed by atoms with E-state index in [0.29, 0.717) is 24.2 Å². The summed E-state index contributed by atoms with van der Waals surface area (Å²) in [5, 5.41) is 13.9. The molecule has 0 bridgehead atoms. The van der Waals surface area contributed by atoms with Crippen molar-refractivity contribution in [2.24, 2.45) is 0 Å². The Morgan fingerprint density at radius 1 is 1.10 bits per heavy atom. The number of nitrogens with one attached hydrogen (secondary N) is 2. The van der Waals surface area contributed by atoms with E-state index in [1.165, 1.54) is 6.92 Å². The normalized spacial score (nSPS) is 10.0. The van der Waals surface area contributed by atoms with Crippen LogP contribution in [-0.2, 0) is 14.4 Å². The zero-order valence-corrected chi connectivity index (χ0v) is 12.2. The van der Waals surface area contributed by atoms with E-state index in [1.807, 2.05) is 13.0 Å². The van der Waals surface area contributed by atoms with Gasteiger partial charge in [-0.15, -0.1) is 0 Å². The van der Waals surface area contributed by atoms with Gasteiger partial charge < -0.3 is 15.7 Å². The van der Waals surface area contributed by atoms with Gasteiger partial charge in [0.25, 0.3) is 0 Å². The first-order valence-corrected chi connectivity index (χ1v) is 6.78. The third-order valence-corrected chi connectivity index (χ3v) is 2.88. The van der Waals surface area contributed by atoms with E-state index in [4.69, 9.17) is 5.11 Å². The highest BCUT2D eigenvalue weighted by molar-refractivity contribution is 5.94. The van der Waals surface area contributed by atoms with Gasteiger partial charge in [-0.05, 0) is 37.5 Å². The van der Waals surface area contributed by atoms with E-state index in [1.54, 1.807) is 12.1 Å². The molecular weight excluding hydrogens is 272 g/mol. The molecule has 0 saturated heterocycles. The van der Waals surface area contributed by atoms with Crippen molar-refractivity contribution in [2.45, 2.75) is 39.5 Å². The van der Waals surface area contributed by atoms with E-state index < -0.39 is 5.97 Å². The van der Waals surface area contributed by atoms with Crippen molar-refractivity contribution in [2.75, 3.05) is 10.6 Å². The number of carbonyl (C=O) groups is 3. The van der Waals surface area contributed by atoms with E-state index in [-0.39, 0.29) is 24.7 Å². The molecule has 1 rings (SSSR count). The summed E-state index contributed by atoms with van der Waals surface area (Å²) >= 11 is 0. The van der Waals surface area contributed by atoms with Crippen molar-refractivity contribution in [1.29, 1.82) is 0 Å². The van der Waals surface area contributed by atoms with Gasteiger partial charge in [-0.25, -0.2) is 0 Å². The zero-order chi connectivity index (χ0) is 15.8. The molecule has 0 aliphatic heterocycles. The average molecular weight is 292 g/mol. The molecule has 114 valence electrons. The van der Waals surface area contributed by atoms with Gasteiger partial charge in [0.05, 0.1) is 0 Å². The van der Waals surface area contributed by atoms with E-state index in [2.05, 4.69) is 10.6 Å². The maximum absolute atomic E-state index is 11.8. The average Bonchev–Trinajstić information content (AvgIpc) is 2.38. The van der Waals surface area contributed by atoms with Crippen LogP contribution in [0, 0.1) is 6.92 Å². The number of rotatable bonds is 7. The Balaban J connectivity index is 2.54. The summed E-state index contributed by atoms with van der Waals surface area (Å²) in [7, 11) is 0. The molecule has 0 atom stereocenters. The number of hydrogen-bond acceptors (Lipinski definition) is 3. The molecule has 0 fully saturated rings. The molecule has 21 heavy (non-hydrogen) atoms. The minimum Gasteiger partial charge on any atom is -0.481 e. The summed E-state index contributed by atoms with van der Waals surface area (Å²) in [6, 6.07) is 5.27. The highest BCUT2D eigenvalue weighted by Gasteiger charge is 2.07. The van der Waals surface area contributed by atoms with Crippen molar-refractivity contribution >= 4 is 29.2 Å². The fourth-order valence-electron chi connectivity index (χ4n) is 1.81. The number of carboxylic acid groups (broad SMARTS) is 1. The third-order valence-electron chi connectivity index (χ3n) is 2.88. The number of aliphatic carboxylic acids is 1. The van der Waals surface area contributed by atoms with E-state index in [9.17, 15) is 14.4 Å². The minimum atomic E-state index is -0.853. The molecular formula is C15H20N2O4.